The molecule has 0 aliphatic heterocycles. The van der Waals surface area contributed by atoms with Crippen molar-refractivity contribution in [2.24, 2.45) is 0 Å². The van der Waals surface area contributed by atoms with Crippen molar-refractivity contribution in [2.45, 2.75) is 12.8 Å². The number of carbonyl (C=O) groups is 1. The minimum Gasteiger partial charge on any atom is -0.465 e. The Balaban J connectivity index is 2.22. The van der Waals surface area contributed by atoms with Crippen LogP contribution in [0.15, 0.2) is 48.5 Å². The molecule has 0 unspecified atom stereocenters. The molecule has 2 aromatic carbocycles. The van der Waals surface area contributed by atoms with Gasteiger partial charge < -0.3 is 4.74 Å². The highest BCUT2D eigenvalue weighted by Crippen LogP contribution is 2.24. The second-order valence-corrected chi connectivity index (χ2v) is 4.39. The minimum absolute atomic E-state index is 0.146. The van der Waals surface area contributed by atoms with Gasteiger partial charge in [-0.05, 0) is 35.4 Å². The lowest BCUT2D eigenvalue weighted by Crippen LogP contribution is -2.02. The van der Waals surface area contributed by atoms with Crippen molar-refractivity contribution in [2.75, 3.05) is 7.11 Å². The number of rotatable bonds is 3. The van der Waals surface area contributed by atoms with E-state index in [4.69, 9.17) is 0 Å². The van der Waals surface area contributed by atoms with E-state index in [1.807, 2.05) is 19.1 Å². The number of carbonyl (C=O) groups excluding carboxylic acids is 1. The Morgan fingerprint density at radius 3 is 1.95 bits per heavy atom. The number of halogens is 1. The summed E-state index contributed by atoms with van der Waals surface area (Å²) in [7, 11) is 1.36. The van der Waals surface area contributed by atoms with Gasteiger partial charge in [0.2, 0.25) is 0 Å². The SMILES string of the molecule is COC(=O)c1ccc([C@@H](C)c2ccc(F)cc2)cc1. The zero-order chi connectivity index (χ0) is 13.8. The van der Waals surface area contributed by atoms with E-state index in [1.165, 1.54) is 19.2 Å². The summed E-state index contributed by atoms with van der Waals surface area (Å²) >= 11 is 0. The molecule has 19 heavy (non-hydrogen) atoms. The van der Waals surface area contributed by atoms with Gasteiger partial charge >= 0.3 is 5.97 Å². The van der Waals surface area contributed by atoms with Crippen molar-refractivity contribution in [3.8, 4) is 0 Å². The van der Waals surface area contributed by atoms with Gasteiger partial charge in [-0.2, -0.15) is 0 Å². The van der Waals surface area contributed by atoms with Crippen LogP contribution in [0.5, 0.6) is 0 Å². The number of ether oxygens (including phenoxy) is 1. The number of hydrogen-bond acceptors (Lipinski definition) is 2. The summed E-state index contributed by atoms with van der Waals surface area (Å²) in [5.41, 5.74) is 2.63. The van der Waals surface area contributed by atoms with Gasteiger partial charge in [0.25, 0.3) is 0 Å². The van der Waals surface area contributed by atoms with Gasteiger partial charge in [-0.25, -0.2) is 9.18 Å². The fourth-order valence-electron chi connectivity index (χ4n) is 1.97. The maximum Gasteiger partial charge on any atom is 0.337 e. The monoisotopic (exact) mass is 258 g/mol. The maximum atomic E-state index is 12.9. The Hall–Kier alpha value is -2.16. The van der Waals surface area contributed by atoms with E-state index in [2.05, 4.69) is 4.74 Å². The van der Waals surface area contributed by atoms with Crippen LogP contribution in [0.4, 0.5) is 4.39 Å². The molecule has 2 rings (SSSR count). The first-order chi connectivity index (χ1) is 9.11. The van der Waals surface area contributed by atoms with E-state index in [-0.39, 0.29) is 17.7 Å². The lowest BCUT2D eigenvalue weighted by molar-refractivity contribution is 0.0600. The molecule has 3 heteroatoms. The van der Waals surface area contributed by atoms with E-state index >= 15 is 0 Å². The summed E-state index contributed by atoms with van der Waals surface area (Å²) < 4.78 is 17.5. The molecule has 0 spiro atoms. The smallest absolute Gasteiger partial charge is 0.337 e. The van der Waals surface area contributed by atoms with Crippen LogP contribution in [0.25, 0.3) is 0 Å². The van der Waals surface area contributed by atoms with Crippen molar-refractivity contribution in [1.29, 1.82) is 0 Å². The molecule has 0 saturated carbocycles. The topological polar surface area (TPSA) is 26.3 Å². The average molecular weight is 258 g/mol. The third-order valence-corrected chi connectivity index (χ3v) is 3.20. The predicted octanol–water partition coefficient (Wildman–Crippen LogP) is 3.76. The molecule has 0 amide bonds. The van der Waals surface area contributed by atoms with Gasteiger partial charge in [-0.1, -0.05) is 31.2 Å². The Kier molecular flexibility index (Phi) is 3.95. The van der Waals surface area contributed by atoms with E-state index in [0.717, 1.165) is 11.1 Å². The highest BCUT2D eigenvalue weighted by molar-refractivity contribution is 5.89. The van der Waals surface area contributed by atoms with E-state index in [9.17, 15) is 9.18 Å². The molecule has 0 aliphatic rings. The highest BCUT2D eigenvalue weighted by atomic mass is 19.1. The van der Waals surface area contributed by atoms with Crippen LogP contribution in [0.1, 0.15) is 34.3 Å². The van der Waals surface area contributed by atoms with Crippen molar-refractivity contribution in [1.82, 2.24) is 0 Å². The van der Waals surface area contributed by atoms with E-state index in [0.29, 0.717) is 5.56 Å². The molecule has 1 atom stereocenters. The summed E-state index contributed by atoms with van der Waals surface area (Å²) in [6.07, 6.45) is 0. The first-order valence-electron chi connectivity index (χ1n) is 6.05. The summed E-state index contributed by atoms with van der Waals surface area (Å²) in [5, 5.41) is 0. The minimum atomic E-state index is -0.346. The molecule has 0 fully saturated rings. The molecule has 0 aliphatic carbocycles. The highest BCUT2D eigenvalue weighted by Gasteiger charge is 2.10. The first-order valence-corrected chi connectivity index (χ1v) is 6.05. The van der Waals surface area contributed by atoms with Crippen molar-refractivity contribution >= 4 is 5.97 Å². The van der Waals surface area contributed by atoms with Crippen LogP contribution in [0, 0.1) is 5.82 Å². The molecule has 0 radical (unpaired) electrons. The molecular weight excluding hydrogens is 243 g/mol. The second kappa shape index (κ2) is 5.65. The second-order valence-electron chi connectivity index (χ2n) is 4.39. The lowest BCUT2D eigenvalue weighted by atomic mass is 9.92. The average Bonchev–Trinajstić information content (AvgIpc) is 2.46. The molecule has 2 aromatic rings. The summed E-state index contributed by atoms with van der Waals surface area (Å²) in [6, 6.07) is 13.7. The van der Waals surface area contributed by atoms with E-state index < -0.39 is 0 Å². The Labute approximate surface area is 111 Å². The van der Waals surface area contributed by atoms with Crippen molar-refractivity contribution in [3.05, 3.63) is 71.0 Å². The standard InChI is InChI=1S/C16H15FO2/c1-11(13-7-9-15(17)10-8-13)12-3-5-14(6-4-12)16(18)19-2/h3-11H,1-2H3/t11-/m1/s1. The van der Waals surface area contributed by atoms with Gasteiger partial charge in [0.15, 0.2) is 0 Å². The van der Waals surface area contributed by atoms with Gasteiger partial charge in [0.1, 0.15) is 5.82 Å². The number of hydrogen-bond donors (Lipinski definition) is 0. The van der Waals surface area contributed by atoms with Gasteiger partial charge in [-0.15, -0.1) is 0 Å². The number of methoxy groups -OCH3 is 1. The zero-order valence-corrected chi connectivity index (χ0v) is 10.9. The molecule has 0 heterocycles. The predicted molar refractivity (Wildman–Crippen MR) is 71.7 cm³/mol. The zero-order valence-electron chi connectivity index (χ0n) is 10.9. The molecule has 0 N–H and O–H groups in total. The lowest BCUT2D eigenvalue weighted by Gasteiger charge is -2.12. The van der Waals surface area contributed by atoms with Crippen LogP contribution >= 0.6 is 0 Å². The first kappa shape index (κ1) is 13.3. The molecule has 98 valence electrons. The summed E-state index contributed by atoms with van der Waals surface area (Å²) in [5.74, 6) is -0.440. The van der Waals surface area contributed by atoms with Crippen molar-refractivity contribution < 1.29 is 13.9 Å². The molecule has 2 nitrogen and oxygen atoms in total. The normalized spacial score (nSPS) is 11.9. The van der Waals surface area contributed by atoms with Crippen molar-refractivity contribution in [3.63, 3.8) is 0 Å². The molecule has 0 aromatic heterocycles. The van der Waals surface area contributed by atoms with Gasteiger partial charge in [-0.3, -0.25) is 0 Å². The van der Waals surface area contributed by atoms with Crippen LogP contribution < -0.4 is 0 Å². The third kappa shape index (κ3) is 2.99. The van der Waals surface area contributed by atoms with Crippen LogP contribution in [-0.2, 0) is 4.74 Å². The fraction of sp³-hybridized carbons (Fsp3) is 0.188. The van der Waals surface area contributed by atoms with Gasteiger partial charge in [0.05, 0.1) is 12.7 Å². The van der Waals surface area contributed by atoms with Crippen LogP contribution in [0.2, 0.25) is 0 Å². The van der Waals surface area contributed by atoms with Crippen LogP contribution in [-0.4, -0.2) is 13.1 Å². The fourth-order valence-corrected chi connectivity index (χ4v) is 1.97. The Morgan fingerprint density at radius 1 is 1.00 bits per heavy atom. The van der Waals surface area contributed by atoms with E-state index in [1.54, 1.807) is 24.3 Å². The Bertz CT molecular complexity index is 558. The Morgan fingerprint density at radius 2 is 1.47 bits per heavy atom. The third-order valence-electron chi connectivity index (χ3n) is 3.20. The number of benzene rings is 2. The summed E-state index contributed by atoms with van der Waals surface area (Å²) in [6.45, 7) is 2.04. The maximum absolute atomic E-state index is 12.9. The summed E-state index contributed by atoms with van der Waals surface area (Å²) in [4.78, 5) is 11.3. The molecule has 0 saturated heterocycles. The van der Waals surface area contributed by atoms with Gasteiger partial charge in [0, 0.05) is 5.92 Å². The molecular formula is C16H15FO2. The number of esters is 1. The van der Waals surface area contributed by atoms with Crippen LogP contribution in [0.3, 0.4) is 0 Å². The quantitative estimate of drug-likeness (QED) is 0.783. The molecule has 0 bridgehead atoms. The largest absolute Gasteiger partial charge is 0.465 e.